The highest BCUT2D eigenvalue weighted by Gasteiger charge is 2.54. The fourth-order valence-corrected chi connectivity index (χ4v) is 3.99. The molecule has 1 saturated carbocycles. The van der Waals surface area contributed by atoms with E-state index in [1.165, 1.54) is 6.42 Å². The Balaban J connectivity index is 0.00000169. The van der Waals surface area contributed by atoms with Crippen LogP contribution in [-0.4, -0.2) is 36.7 Å². The van der Waals surface area contributed by atoms with Crippen LogP contribution >= 0.6 is 24.0 Å². The lowest BCUT2D eigenvalue weighted by Crippen LogP contribution is -2.39. The number of benzene rings is 1. The molecule has 3 atom stereocenters. The third kappa shape index (κ3) is 3.16. The number of halogens is 1. The largest absolute Gasteiger partial charge is 0.364 e. The Morgan fingerprint density at radius 2 is 2.21 bits per heavy atom. The lowest BCUT2D eigenvalue weighted by molar-refractivity contribution is 0.390. The van der Waals surface area contributed by atoms with Gasteiger partial charge in [0.05, 0.1) is 6.54 Å². The van der Waals surface area contributed by atoms with Crippen LogP contribution in [0.1, 0.15) is 22.7 Å². The van der Waals surface area contributed by atoms with Crippen LogP contribution in [0.15, 0.2) is 46.1 Å². The molecule has 2 aliphatic rings. The van der Waals surface area contributed by atoms with E-state index < -0.39 is 0 Å². The minimum Gasteiger partial charge on any atom is -0.364 e. The third-order valence-electron chi connectivity index (χ3n) is 5.16. The summed E-state index contributed by atoms with van der Waals surface area (Å²) < 4.78 is 4.88. The molecule has 0 radical (unpaired) electrons. The Labute approximate surface area is 159 Å². The monoisotopic (exact) mass is 438 g/mol. The quantitative estimate of drug-likeness (QED) is 0.453. The molecule has 1 N–H and O–H groups in total. The van der Waals surface area contributed by atoms with Crippen molar-refractivity contribution >= 4 is 29.9 Å². The molecule has 1 aromatic carbocycles. The molecule has 1 fully saturated rings. The highest BCUT2D eigenvalue weighted by Crippen LogP contribution is 2.60. The molecule has 6 heteroatoms. The predicted molar refractivity (Wildman–Crippen MR) is 105 cm³/mol. The van der Waals surface area contributed by atoms with Gasteiger partial charge in [-0.05, 0) is 35.3 Å². The van der Waals surface area contributed by atoms with E-state index in [2.05, 4.69) is 44.6 Å². The standard InChI is InChI=1S/C18H22N4O.HI/c1-19-18(22(2)11-13-7-8-23-21-13)20-10-16-15-9-12-5-3-4-6-14(12)17(15)16;/h3-8,15-17H,9-11H2,1-2H3,(H,19,20);1H. The van der Waals surface area contributed by atoms with Crippen molar-refractivity contribution in [1.29, 1.82) is 0 Å². The average molecular weight is 438 g/mol. The molecule has 4 rings (SSSR count). The number of hydrogen-bond donors (Lipinski definition) is 1. The maximum atomic E-state index is 4.88. The minimum absolute atomic E-state index is 0. The van der Waals surface area contributed by atoms with E-state index in [1.54, 1.807) is 17.4 Å². The number of aliphatic imine (C=N–C) groups is 1. The maximum Gasteiger partial charge on any atom is 0.193 e. The molecule has 0 bridgehead atoms. The van der Waals surface area contributed by atoms with Crippen LogP contribution in [0.4, 0.5) is 0 Å². The van der Waals surface area contributed by atoms with E-state index in [9.17, 15) is 0 Å². The Bertz CT molecular complexity index is 716. The van der Waals surface area contributed by atoms with Gasteiger partial charge < -0.3 is 14.7 Å². The minimum atomic E-state index is 0. The molecule has 3 unspecified atom stereocenters. The van der Waals surface area contributed by atoms with Crippen molar-refractivity contribution < 1.29 is 4.52 Å². The zero-order valence-electron chi connectivity index (χ0n) is 14.0. The number of guanidine groups is 1. The molecule has 0 amide bonds. The summed E-state index contributed by atoms with van der Waals surface area (Å²) in [4.78, 5) is 6.45. The van der Waals surface area contributed by atoms with Crippen molar-refractivity contribution in [2.75, 3.05) is 20.6 Å². The topological polar surface area (TPSA) is 53.7 Å². The summed E-state index contributed by atoms with van der Waals surface area (Å²) in [5.74, 6) is 3.21. The van der Waals surface area contributed by atoms with Crippen LogP contribution in [0.2, 0.25) is 0 Å². The number of hydrogen-bond acceptors (Lipinski definition) is 3. The molecule has 0 saturated heterocycles. The highest BCUT2D eigenvalue weighted by atomic mass is 127. The van der Waals surface area contributed by atoms with E-state index in [4.69, 9.17) is 4.52 Å². The summed E-state index contributed by atoms with van der Waals surface area (Å²) in [6, 6.07) is 10.8. The molecule has 24 heavy (non-hydrogen) atoms. The van der Waals surface area contributed by atoms with Crippen LogP contribution in [-0.2, 0) is 13.0 Å². The van der Waals surface area contributed by atoms with Crippen LogP contribution in [0.25, 0.3) is 0 Å². The molecular weight excluding hydrogens is 415 g/mol. The highest BCUT2D eigenvalue weighted by molar-refractivity contribution is 14.0. The number of aromatic nitrogens is 1. The first kappa shape index (κ1) is 17.3. The van der Waals surface area contributed by atoms with Crippen LogP contribution < -0.4 is 5.32 Å². The van der Waals surface area contributed by atoms with E-state index in [0.29, 0.717) is 6.54 Å². The van der Waals surface area contributed by atoms with Crippen molar-refractivity contribution in [2.45, 2.75) is 18.9 Å². The van der Waals surface area contributed by atoms with Gasteiger partial charge in [-0.3, -0.25) is 4.99 Å². The fraction of sp³-hybridized carbons (Fsp3) is 0.444. The van der Waals surface area contributed by atoms with Crippen LogP contribution in [0, 0.1) is 11.8 Å². The molecule has 0 spiro atoms. The zero-order valence-corrected chi connectivity index (χ0v) is 16.3. The van der Waals surface area contributed by atoms with Gasteiger partial charge in [-0.1, -0.05) is 29.4 Å². The van der Waals surface area contributed by atoms with Gasteiger partial charge in [0.15, 0.2) is 5.96 Å². The summed E-state index contributed by atoms with van der Waals surface area (Å²) in [5.41, 5.74) is 4.02. The third-order valence-corrected chi connectivity index (χ3v) is 5.16. The van der Waals surface area contributed by atoms with Gasteiger partial charge >= 0.3 is 0 Å². The number of nitrogens with one attached hydrogen (secondary N) is 1. The molecule has 0 aliphatic heterocycles. The smallest absolute Gasteiger partial charge is 0.193 e. The second-order valence-corrected chi connectivity index (χ2v) is 6.53. The summed E-state index contributed by atoms with van der Waals surface area (Å²) in [5, 5.41) is 7.47. The predicted octanol–water partition coefficient (Wildman–Crippen LogP) is 2.89. The van der Waals surface area contributed by atoms with Gasteiger partial charge in [0, 0.05) is 26.7 Å². The molecule has 2 aliphatic carbocycles. The number of rotatable bonds is 4. The van der Waals surface area contributed by atoms with Gasteiger partial charge in [0.25, 0.3) is 0 Å². The Hall–Kier alpha value is -1.57. The lowest BCUT2D eigenvalue weighted by atomic mass is 10.0. The molecule has 2 aromatic rings. The van der Waals surface area contributed by atoms with E-state index in [-0.39, 0.29) is 24.0 Å². The summed E-state index contributed by atoms with van der Waals surface area (Å²) in [7, 11) is 3.84. The Kier molecular flexibility index (Phi) is 5.12. The van der Waals surface area contributed by atoms with Gasteiger partial charge in [0.2, 0.25) is 0 Å². The molecule has 128 valence electrons. The first-order valence-corrected chi connectivity index (χ1v) is 8.16. The number of fused-ring (bicyclic) bond motifs is 3. The fourth-order valence-electron chi connectivity index (χ4n) is 3.99. The SMILES string of the molecule is CN=C(NCC1C2Cc3ccccc3C12)N(C)Cc1ccon1.I. The van der Waals surface area contributed by atoms with Gasteiger partial charge in [-0.2, -0.15) is 0 Å². The maximum absolute atomic E-state index is 4.88. The molecule has 5 nitrogen and oxygen atoms in total. The second-order valence-electron chi connectivity index (χ2n) is 6.53. The van der Waals surface area contributed by atoms with Crippen LogP contribution in [0.5, 0.6) is 0 Å². The Morgan fingerprint density at radius 3 is 2.96 bits per heavy atom. The summed E-state index contributed by atoms with van der Waals surface area (Å²) in [6.45, 7) is 1.68. The van der Waals surface area contributed by atoms with Crippen LogP contribution in [0.3, 0.4) is 0 Å². The average Bonchev–Trinajstić information content (AvgIpc) is 2.94. The van der Waals surface area contributed by atoms with E-state index >= 15 is 0 Å². The van der Waals surface area contributed by atoms with Gasteiger partial charge in [-0.25, -0.2) is 0 Å². The van der Waals surface area contributed by atoms with Crippen molar-refractivity contribution in [3.8, 4) is 0 Å². The van der Waals surface area contributed by atoms with Gasteiger partial charge in [0.1, 0.15) is 12.0 Å². The summed E-state index contributed by atoms with van der Waals surface area (Å²) in [6.07, 6.45) is 2.84. The molecule has 1 heterocycles. The van der Waals surface area contributed by atoms with Crippen molar-refractivity contribution in [2.24, 2.45) is 16.8 Å². The Morgan fingerprint density at radius 1 is 1.38 bits per heavy atom. The second kappa shape index (κ2) is 7.13. The normalized spacial score (nSPS) is 23.9. The van der Waals surface area contributed by atoms with E-state index in [0.717, 1.165) is 36.0 Å². The van der Waals surface area contributed by atoms with Crippen molar-refractivity contribution in [3.63, 3.8) is 0 Å². The van der Waals surface area contributed by atoms with Crippen molar-refractivity contribution in [1.82, 2.24) is 15.4 Å². The van der Waals surface area contributed by atoms with Gasteiger partial charge in [-0.15, -0.1) is 24.0 Å². The number of nitrogens with zero attached hydrogens (tertiary/aromatic N) is 3. The molecule has 1 aromatic heterocycles. The first-order chi connectivity index (χ1) is 11.3. The van der Waals surface area contributed by atoms with Crippen molar-refractivity contribution in [3.05, 3.63) is 53.4 Å². The first-order valence-electron chi connectivity index (χ1n) is 8.16. The van der Waals surface area contributed by atoms with E-state index in [1.807, 2.05) is 20.2 Å². The molecular formula is C18H23IN4O. The summed E-state index contributed by atoms with van der Waals surface area (Å²) >= 11 is 0. The lowest BCUT2D eigenvalue weighted by Gasteiger charge is -2.21. The zero-order chi connectivity index (χ0) is 15.8.